The summed E-state index contributed by atoms with van der Waals surface area (Å²) in [7, 11) is 0. The van der Waals surface area contributed by atoms with Crippen LogP contribution >= 0.6 is 15.9 Å². The first-order valence-electron chi connectivity index (χ1n) is 7.59. The molecule has 0 aliphatic carbocycles. The van der Waals surface area contributed by atoms with Crippen LogP contribution in [0.4, 0.5) is 11.5 Å². The van der Waals surface area contributed by atoms with Gasteiger partial charge in [-0.15, -0.1) is 0 Å². The lowest BCUT2D eigenvalue weighted by atomic mass is 10.1. The van der Waals surface area contributed by atoms with Crippen molar-refractivity contribution in [2.24, 2.45) is 5.92 Å². The van der Waals surface area contributed by atoms with Gasteiger partial charge in [0.05, 0.1) is 12.4 Å². The monoisotopic (exact) mass is 376 g/mol. The third-order valence-corrected chi connectivity index (χ3v) is 4.20. The molecule has 0 bridgehead atoms. The van der Waals surface area contributed by atoms with E-state index in [-0.39, 0.29) is 11.6 Å². The van der Waals surface area contributed by atoms with E-state index in [0.717, 1.165) is 23.0 Å². The van der Waals surface area contributed by atoms with E-state index in [9.17, 15) is 4.79 Å². The SMILES string of the molecule is Cc1ccc(NC(=O)c2cnc(NCCC(C)C)cn2)cc1Br. The third kappa shape index (κ3) is 5.32. The predicted octanol–water partition coefficient (Wildman–Crippen LogP) is 4.26. The van der Waals surface area contributed by atoms with E-state index >= 15 is 0 Å². The van der Waals surface area contributed by atoms with E-state index in [1.54, 1.807) is 6.20 Å². The van der Waals surface area contributed by atoms with Gasteiger partial charge in [0, 0.05) is 16.7 Å². The normalized spacial score (nSPS) is 10.7. The smallest absolute Gasteiger partial charge is 0.275 e. The number of carbonyl (C=O) groups excluding carboxylic acids is 1. The van der Waals surface area contributed by atoms with Crippen LogP contribution in [-0.4, -0.2) is 22.4 Å². The second-order valence-corrected chi connectivity index (χ2v) is 6.67. The highest BCUT2D eigenvalue weighted by Crippen LogP contribution is 2.21. The maximum atomic E-state index is 12.2. The van der Waals surface area contributed by atoms with Crippen LogP contribution in [0.2, 0.25) is 0 Å². The summed E-state index contributed by atoms with van der Waals surface area (Å²) in [4.78, 5) is 20.6. The number of halogens is 1. The van der Waals surface area contributed by atoms with Crippen LogP contribution in [0.15, 0.2) is 35.1 Å². The van der Waals surface area contributed by atoms with Crippen LogP contribution < -0.4 is 10.6 Å². The van der Waals surface area contributed by atoms with Crippen LogP contribution in [0.1, 0.15) is 36.3 Å². The number of amides is 1. The van der Waals surface area contributed by atoms with Crippen LogP contribution in [0.3, 0.4) is 0 Å². The summed E-state index contributed by atoms with van der Waals surface area (Å²) < 4.78 is 0.950. The number of hydrogen-bond acceptors (Lipinski definition) is 4. The molecule has 2 N–H and O–H groups in total. The van der Waals surface area contributed by atoms with E-state index in [2.05, 4.69) is 50.4 Å². The van der Waals surface area contributed by atoms with Gasteiger partial charge in [0.15, 0.2) is 0 Å². The van der Waals surface area contributed by atoms with Gasteiger partial charge in [-0.3, -0.25) is 4.79 Å². The predicted molar refractivity (Wildman–Crippen MR) is 96.8 cm³/mol. The van der Waals surface area contributed by atoms with E-state index in [1.807, 2.05) is 25.1 Å². The molecule has 0 spiro atoms. The van der Waals surface area contributed by atoms with Crippen LogP contribution in [0.25, 0.3) is 0 Å². The molecular weight excluding hydrogens is 356 g/mol. The van der Waals surface area contributed by atoms with Crippen LogP contribution in [0.5, 0.6) is 0 Å². The summed E-state index contributed by atoms with van der Waals surface area (Å²) in [5, 5.41) is 6.01. The van der Waals surface area contributed by atoms with Crippen molar-refractivity contribution in [3.05, 3.63) is 46.3 Å². The minimum absolute atomic E-state index is 0.276. The van der Waals surface area contributed by atoms with Crippen molar-refractivity contribution in [1.82, 2.24) is 9.97 Å². The van der Waals surface area contributed by atoms with Crippen molar-refractivity contribution < 1.29 is 4.79 Å². The molecule has 0 saturated heterocycles. The first kappa shape index (κ1) is 17.4. The Morgan fingerprint density at radius 2 is 2.04 bits per heavy atom. The maximum absolute atomic E-state index is 12.2. The summed E-state index contributed by atoms with van der Waals surface area (Å²) >= 11 is 3.45. The van der Waals surface area contributed by atoms with Crippen molar-refractivity contribution in [3.8, 4) is 0 Å². The molecule has 0 atom stereocenters. The molecule has 1 aromatic heterocycles. The molecule has 2 aromatic rings. The molecule has 1 amide bonds. The molecule has 23 heavy (non-hydrogen) atoms. The van der Waals surface area contributed by atoms with Gasteiger partial charge in [-0.05, 0) is 37.0 Å². The number of rotatable bonds is 6. The summed E-state index contributed by atoms with van der Waals surface area (Å²) in [6.45, 7) is 7.18. The van der Waals surface area contributed by atoms with Gasteiger partial charge in [-0.25, -0.2) is 9.97 Å². The molecule has 2 rings (SSSR count). The van der Waals surface area contributed by atoms with E-state index in [0.29, 0.717) is 17.4 Å². The zero-order valence-corrected chi connectivity index (χ0v) is 15.1. The summed E-state index contributed by atoms with van der Waals surface area (Å²) in [6, 6.07) is 5.66. The lowest BCUT2D eigenvalue weighted by Gasteiger charge is -2.08. The summed E-state index contributed by atoms with van der Waals surface area (Å²) in [5.41, 5.74) is 2.11. The van der Waals surface area contributed by atoms with Gasteiger partial charge in [0.1, 0.15) is 11.5 Å². The van der Waals surface area contributed by atoms with Gasteiger partial charge in [0.2, 0.25) is 0 Å². The van der Waals surface area contributed by atoms with E-state index in [1.165, 1.54) is 6.20 Å². The van der Waals surface area contributed by atoms with E-state index < -0.39 is 0 Å². The molecule has 122 valence electrons. The standard InChI is InChI=1S/C17H21BrN4O/c1-11(2)6-7-19-16-10-20-15(9-21-16)17(23)22-13-5-4-12(3)14(18)8-13/h4-5,8-11H,6-7H2,1-3H3,(H,19,21)(H,22,23). The quantitative estimate of drug-likeness (QED) is 0.790. The topological polar surface area (TPSA) is 66.9 Å². The molecular formula is C17H21BrN4O. The lowest BCUT2D eigenvalue weighted by Crippen LogP contribution is -2.15. The molecule has 5 nitrogen and oxygen atoms in total. The molecule has 0 aliphatic heterocycles. The molecule has 0 unspecified atom stereocenters. The molecule has 0 fully saturated rings. The number of nitrogens with zero attached hydrogens (tertiary/aromatic N) is 2. The Hall–Kier alpha value is -1.95. The lowest BCUT2D eigenvalue weighted by molar-refractivity contribution is 0.102. The van der Waals surface area contributed by atoms with Crippen molar-refractivity contribution in [2.75, 3.05) is 17.2 Å². The Kier molecular flexibility index (Phi) is 6.10. The second kappa shape index (κ2) is 8.06. The number of aryl methyl sites for hydroxylation is 1. The third-order valence-electron chi connectivity index (χ3n) is 3.34. The molecule has 0 radical (unpaired) electrons. The minimum atomic E-state index is -0.276. The van der Waals surface area contributed by atoms with Crippen molar-refractivity contribution in [2.45, 2.75) is 27.2 Å². The fourth-order valence-corrected chi connectivity index (χ4v) is 2.27. The average Bonchev–Trinajstić information content (AvgIpc) is 2.51. The Balaban J connectivity index is 1.95. The second-order valence-electron chi connectivity index (χ2n) is 5.81. The van der Waals surface area contributed by atoms with Gasteiger partial charge < -0.3 is 10.6 Å². The number of nitrogens with one attached hydrogen (secondary N) is 2. The average molecular weight is 377 g/mol. The Morgan fingerprint density at radius 3 is 2.65 bits per heavy atom. The highest BCUT2D eigenvalue weighted by atomic mass is 79.9. The first-order chi connectivity index (χ1) is 11.0. The molecule has 0 aliphatic rings. The highest BCUT2D eigenvalue weighted by molar-refractivity contribution is 9.10. The van der Waals surface area contributed by atoms with Crippen molar-refractivity contribution >= 4 is 33.3 Å². The molecule has 1 aromatic carbocycles. The number of anilines is 2. The van der Waals surface area contributed by atoms with Crippen molar-refractivity contribution in [3.63, 3.8) is 0 Å². The fourth-order valence-electron chi connectivity index (χ4n) is 1.89. The van der Waals surface area contributed by atoms with E-state index in [4.69, 9.17) is 0 Å². The van der Waals surface area contributed by atoms with Crippen molar-refractivity contribution in [1.29, 1.82) is 0 Å². The summed E-state index contributed by atoms with van der Waals surface area (Å²) in [5.74, 6) is 1.04. The number of benzene rings is 1. The Labute approximate surface area is 145 Å². The van der Waals surface area contributed by atoms with Gasteiger partial charge in [-0.1, -0.05) is 35.8 Å². The van der Waals surface area contributed by atoms with Gasteiger partial charge >= 0.3 is 0 Å². The number of aromatic nitrogens is 2. The Morgan fingerprint density at radius 1 is 1.26 bits per heavy atom. The summed E-state index contributed by atoms with van der Waals surface area (Å²) in [6.07, 6.45) is 4.13. The highest BCUT2D eigenvalue weighted by Gasteiger charge is 2.09. The molecule has 0 saturated carbocycles. The fraction of sp³-hybridized carbons (Fsp3) is 0.353. The number of hydrogen-bond donors (Lipinski definition) is 2. The molecule has 1 heterocycles. The zero-order chi connectivity index (χ0) is 16.8. The van der Waals surface area contributed by atoms with Gasteiger partial charge in [-0.2, -0.15) is 0 Å². The maximum Gasteiger partial charge on any atom is 0.275 e. The first-order valence-corrected chi connectivity index (χ1v) is 8.38. The van der Waals surface area contributed by atoms with Gasteiger partial charge in [0.25, 0.3) is 5.91 Å². The largest absolute Gasteiger partial charge is 0.369 e. The van der Waals surface area contributed by atoms with Crippen LogP contribution in [0, 0.1) is 12.8 Å². The minimum Gasteiger partial charge on any atom is -0.369 e. The zero-order valence-electron chi connectivity index (χ0n) is 13.6. The van der Waals surface area contributed by atoms with Crippen LogP contribution in [-0.2, 0) is 0 Å². The Bertz CT molecular complexity index is 671. The number of carbonyl (C=O) groups is 1. The molecule has 6 heteroatoms.